The second kappa shape index (κ2) is 3.61. The van der Waals surface area contributed by atoms with E-state index in [1.807, 2.05) is 0 Å². The van der Waals surface area contributed by atoms with Crippen LogP contribution in [-0.4, -0.2) is 4.57 Å². The SMILES string of the molecule is CC(C)(N)c1ccc2ccn(C3CCC3)c2c1. The summed E-state index contributed by atoms with van der Waals surface area (Å²) in [4.78, 5) is 0. The van der Waals surface area contributed by atoms with Crippen LogP contribution in [0.4, 0.5) is 0 Å². The maximum Gasteiger partial charge on any atom is 0.0486 e. The number of rotatable bonds is 2. The molecule has 0 atom stereocenters. The molecule has 1 aromatic carbocycles. The lowest BCUT2D eigenvalue weighted by molar-refractivity contribution is 0.321. The molecule has 2 aromatic rings. The quantitative estimate of drug-likeness (QED) is 0.837. The molecule has 0 saturated heterocycles. The number of nitrogens with two attached hydrogens (primary N) is 1. The predicted molar refractivity (Wildman–Crippen MR) is 72.0 cm³/mol. The molecule has 0 bridgehead atoms. The van der Waals surface area contributed by atoms with E-state index < -0.39 is 0 Å². The van der Waals surface area contributed by atoms with Gasteiger partial charge >= 0.3 is 0 Å². The molecule has 2 N–H and O–H groups in total. The Balaban J connectivity index is 2.12. The first-order valence-corrected chi connectivity index (χ1v) is 6.46. The Morgan fingerprint density at radius 3 is 2.59 bits per heavy atom. The third kappa shape index (κ3) is 1.77. The van der Waals surface area contributed by atoms with Crippen LogP contribution in [0.5, 0.6) is 0 Å². The summed E-state index contributed by atoms with van der Waals surface area (Å²) in [7, 11) is 0. The molecular formula is C15H20N2. The van der Waals surface area contributed by atoms with Crippen molar-refractivity contribution in [1.82, 2.24) is 4.57 Å². The molecule has 0 aliphatic heterocycles. The first kappa shape index (κ1) is 10.8. The summed E-state index contributed by atoms with van der Waals surface area (Å²) in [5.74, 6) is 0. The van der Waals surface area contributed by atoms with Gasteiger partial charge in [-0.15, -0.1) is 0 Å². The Morgan fingerprint density at radius 2 is 2.00 bits per heavy atom. The van der Waals surface area contributed by atoms with Gasteiger partial charge in [-0.25, -0.2) is 0 Å². The zero-order chi connectivity index (χ0) is 12.0. The van der Waals surface area contributed by atoms with Crippen molar-refractivity contribution in [3.05, 3.63) is 36.0 Å². The van der Waals surface area contributed by atoms with Crippen LogP contribution in [0, 0.1) is 0 Å². The lowest BCUT2D eigenvalue weighted by atomic mass is 9.92. The number of nitrogens with zero attached hydrogens (tertiary/aromatic N) is 1. The lowest BCUT2D eigenvalue weighted by Gasteiger charge is -2.28. The Hall–Kier alpha value is -1.28. The normalized spacial score (nSPS) is 17.4. The Bertz CT molecular complexity index is 542. The smallest absolute Gasteiger partial charge is 0.0486 e. The van der Waals surface area contributed by atoms with Crippen LogP contribution >= 0.6 is 0 Å². The molecule has 0 radical (unpaired) electrons. The van der Waals surface area contributed by atoms with Gasteiger partial charge in [0.15, 0.2) is 0 Å². The second-order valence-electron chi connectivity index (χ2n) is 5.80. The van der Waals surface area contributed by atoms with Crippen LogP contribution in [0.25, 0.3) is 10.9 Å². The Kier molecular flexibility index (Phi) is 2.30. The molecule has 1 aromatic heterocycles. The van der Waals surface area contributed by atoms with Crippen LogP contribution in [0.1, 0.15) is 44.7 Å². The Morgan fingerprint density at radius 1 is 1.24 bits per heavy atom. The van der Waals surface area contributed by atoms with Gasteiger partial charge in [0.2, 0.25) is 0 Å². The van der Waals surface area contributed by atoms with Crippen molar-refractivity contribution in [3.63, 3.8) is 0 Å². The van der Waals surface area contributed by atoms with Gasteiger partial charge in [0, 0.05) is 23.3 Å². The number of hydrogen-bond donors (Lipinski definition) is 1. The third-order valence-corrected chi connectivity index (χ3v) is 3.94. The molecule has 1 aliphatic carbocycles. The van der Waals surface area contributed by atoms with Crippen molar-refractivity contribution in [3.8, 4) is 0 Å². The average molecular weight is 228 g/mol. The molecule has 0 spiro atoms. The maximum absolute atomic E-state index is 6.18. The van der Waals surface area contributed by atoms with Gasteiger partial charge in [0.1, 0.15) is 0 Å². The van der Waals surface area contributed by atoms with Gasteiger partial charge in [0.05, 0.1) is 0 Å². The van der Waals surface area contributed by atoms with Crippen LogP contribution < -0.4 is 5.73 Å². The van der Waals surface area contributed by atoms with Gasteiger partial charge in [0.25, 0.3) is 0 Å². The van der Waals surface area contributed by atoms with E-state index in [1.54, 1.807) is 0 Å². The highest BCUT2D eigenvalue weighted by Crippen LogP contribution is 2.35. The summed E-state index contributed by atoms with van der Waals surface area (Å²) in [5.41, 5.74) is 8.47. The van der Waals surface area contributed by atoms with Crippen molar-refractivity contribution in [2.45, 2.75) is 44.7 Å². The number of fused-ring (bicyclic) bond motifs is 1. The van der Waals surface area contributed by atoms with Crippen LogP contribution in [0.3, 0.4) is 0 Å². The zero-order valence-electron chi connectivity index (χ0n) is 10.6. The predicted octanol–water partition coefficient (Wildman–Crippen LogP) is 3.56. The van der Waals surface area contributed by atoms with Gasteiger partial charge in [-0.3, -0.25) is 0 Å². The highest BCUT2D eigenvalue weighted by molar-refractivity contribution is 5.81. The molecule has 17 heavy (non-hydrogen) atoms. The molecule has 0 unspecified atom stereocenters. The monoisotopic (exact) mass is 228 g/mol. The lowest BCUT2D eigenvalue weighted by Crippen LogP contribution is -2.28. The van der Waals surface area contributed by atoms with E-state index in [1.165, 1.54) is 35.7 Å². The van der Waals surface area contributed by atoms with Gasteiger partial charge < -0.3 is 10.3 Å². The molecule has 1 heterocycles. The van der Waals surface area contributed by atoms with E-state index in [9.17, 15) is 0 Å². The van der Waals surface area contributed by atoms with Crippen molar-refractivity contribution in [2.24, 2.45) is 5.73 Å². The van der Waals surface area contributed by atoms with Crippen LogP contribution in [0.2, 0.25) is 0 Å². The zero-order valence-corrected chi connectivity index (χ0v) is 10.6. The largest absolute Gasteiger partial charge is 0.344 e. The summed E-state index contributed by atoms with van der Waals surface area (Å²) in [5, 5.41) is 1.32. The summed E-state index contributed by atoms with van der Waals surface area (Å²) in [6.07, 6.45) is 6.23. The topological polar surface area (TPSA) is 30.9 Å². The molecule has 90 valence electrons. The third-order valence-electron chi connectivity index (χ3n) is 3.94. The highest BCUT2D eigenvalue weighted by atomic mass is 15.0. The van der Waals surface area contributed by atoms with Crippen molar-refractivity contribution < 1.29 is 0 Å². The van der Waals surface area contributed by atoms with E-state index in [-0.39, 0.29) is 5.54 Å². The minimum Gasteiger partial charge on any atom is -0.344 e. The minimum atomic E-state index is -0.261. The average Bonchev–Trinajstić information content (AvgIpc) is 2.57. The van der Waals surface area contributed by atoms with Gasteiger partial charge in [-0.05, 0) is 56.2 Å². The van der Waals surface area contributed by atoms with E-state index in [4.69, 9.17) is 5.73 Å². The second-order valence-corrected chi connectivity index (χ2v) is 5.80. The highest BCUT2D eigenvalue weighted by Gasteiger charge is 2.21. The molecule has 3 rings (SSSR count). The summed E-state index contributed by atoms with van der Waals surface area (Å²) >= 11 is 0. The van der Waals surface area contributed by atoms with E-state index in [2.05, 4.69) is 48.9 Å². The Labute approximate surface area is 102 Å². The molecule has 0 amide bonds. The van der Waals surface area contributed by atoms with E-state index >= 15 is 0 Å². The maximum atomic E-state index is 6.18. The fourth-order valence-corrected chi connectivity index (χ4v) is 2.53. The summed E-state index contributed by atoms with van der Waals surface area (Å²) in [6.45, 7) is 4.12. The molecule has 1 fully saturated rings. The first-order valence-electron chi connectivity index (χ1n) is 6.46. The molecule has 1 aliphatic rings. The molecule has 1 saturated carbocycles. The van der Waals surface area contributed by atoms with Crippen molar-refractivity contribution in [2.75, 3.05) is 0 Å². The number of hydrogen-bond acceptors (Lipinski definition) is 1. The molecule has 2 nitrogen and oxygen atoms in total. The first-order chi connectivity index (χ1) is 8.05. The number of aromatic nitrogens is 1. The summed E-state index contributed by atoms with van der Waals surface area (Å²) in [6, 6.07) is 9.51. The van der Waals surface area contributed by atoms with E-state index in [0.29, 0.717) is 6.04 Å². The molecular weight excluding hydrogens is 208 g/mol. The van der Waals surface area contributed by atoms with Crippen molar-refractivity contribution in [1.29, 1.82) is 0 Å². The standard InChI is InChI=1S/C15H20N2/c1-15(2,16)12-7-6-11-8-9-17(14(11)10-12)13-4-3-5-13/h6-10,13H,3-5,16H2,1-2H3. The fraction of sp³-hybridized carbons (Fsp3) is 0.467. The minimum absolute atomic E-state index is 0.261. The van der Waals surface area contributed by atoms with Crippen molar-refractivity contribution >= 4 is 10.9 Å². The van der Waals surface area contributed by atoms with Gasteiger partial charge in [-0.2, -0.15) is 0 Å². The number of benzene rings is 1. The van der Waals surface area contributed by atoms with E-state index in [0.717, 1.165) is 0 Å². The van der Waals surface area contributed by atoms with Crippen LogP contribution in [0.15, 0.2) is 30.5 Å². The fourth-order valence-electron chi connectivity index (χ4n) is 2.53. The van der Waals surface area contributed by atoms with Gasteiger partial charge in [-0.1, -0.05) is 12.1 Å². The van der Waals surface area contributed by atoms with Crippen LogP contribution in [-0.2, 0) is 5.54 Å². The summed E-state index contributed by atoms with van der Waals surface area (Å²) < 4.78 is 2.42. The molecule has 2 heteroatoms.